The highest BCUT2D eigenvalue weighted by Crippen LogP contribution is 2.21. The van der Waals surface area contributed by atoms with Gasteiger partial charge in [-0.05, 0) is 43.2 Å². The molecule has 1 amide bonds. The molecule has 0 fully saturated rings. The highest BCUT2D eigenvalue weighted by molar-refractivity contribution is 5.78. The standard InChI is InChI=1S/C20H19FN2O2/c1-13-8-9-15(10-17(13)21)12-22-19(24)11-18-14(2)25-20(23-18)16-6-4-3-5-7-16/h3-10H,11-12H2,1-2H3,(H,22,24). The van der Waals surface area contributed by atoms with E-state index in [1.165, 1.54) is 6.07 Å². The number of oxazole rings is 1. The molecule has 4 nitrogen and oxygen atoms in total. The van der Waals surface area contributed by atoms with Gasteiger partial charge in [-0.15, -0.1) is 0 Å². The van der Waals surface area contributed by atoms with Crippen molar-refractivity contribution in [3.8, 4) is 11.5 Å². The summed E-state index contributed by atoms with van der Waals surface area (Å²) >= 11 is 0. The second kappa shape index (κ2) is 7.30. The van der Waals surface area contributed by atoms with E-state index in [0.29, 0.717) is 22.9 Å². The van der Waals surface area contributed by atoms with Crippen molar-refractivity contribution in [1.29, 1.82) is 0 Å². The fraction of sp³-hybridized carbons (Fsp3) is 0.200. The third-order valence-electron chi connectivity index (χ3n) is 3.97. The summed E-state index contributed by atoms with van der Waals surface area (Å²) in [4.78, 5) is 16.6. The average Bonchev–Trinajstić information content (AvgIpc) is 2.97. The Morgan fingerprint density at radius 3 is 2.64 bits per heavy atom. The van der Waals surface area contributed by atoms with Gasteiger partial charge in [0.15, 0.2) is 0 Å². The van der Waals surface area contributed by atoms with Crippen molar-refractivity contribution in [3.05, 3.63) is 76.9 Å². The molecule has 2 aromatic carbocycles. The molecule has 3 aromatic rings. The van der Waals surface area contributed by atoms with Crippen molar-refractivity contribution in [1.82, 2.24) is 10.3 Å². The zero-order valence-electron chi connectivity index (χ0n) is 14.2. The van der Waals surface area contributed by atoms with Crippen LogP contribution in [0.5, 0.6) is 0 Å². The first-order valence-electron chi connectivity index (χ1n) is 8.06. The number of halogens is 1. The van der Waals surface area contributed by atoms with E-state index in [1.807, 2.05) is 30.3 Å². The van der Waals surface area contributed by atoms with Gasteiger partial charge in [0.1, 0.15) is 11.6 Å². The maximum Gasteiger partial charge on any atom is 0.226 e. The molecule has 0 atom stereocenters. The zero-order valence-corrected chi connectivity index (χ0v) is 14.2. The summed E-state index contributed by atoms with van der Waals surface area (Å²) in [5, 5.41) is 2.78. The van der Waals surface area contributed by atoms with Crippen LogP contribution >= 0.6 is 0 Å². The van der Waals surface area contributed by atoms with Gasteiger partial charge in [-0.25, -0.2) is 9.37 Å². The summed E-state index contributed by atoms with van der Waals surface area (Å²) < 4.78 is 19.2. The topological polar surface area (TPSA) is 55.1 Å². The van der Waals surface area contributed by atoms with Crippen molar-refractivity contribution in [2.24, 2.45) is 0 Å². The normalized spacial score (nSPS) is 10.7. The van der Waals surface area contributed by atoms with E-state index in [0.717, 1.165) is 11.1 Å². The van der Waals surface area contributed by atoms with Gasteiger partial charge in [0.2, 0.25) is 11.8 Å². The van der Waals surface area contributed by atoms with Gasteiger partial charge in [-0.2, -0.15) is 0 Å². The summed E-state index contributed by atoms with van der Waals surface area (Å²) in [5.41, 5.74) is 2.78. The molecule has 0 saturated heterocycles. The Kier molecular flexibility index (Phi) is 4.93. The molecule has 0 spiro atoms. The Balaban J connectivity index is 1.63. The van der Waals surface area contributed by atoms with Crippen LogP contribution in [0.2, 0.25) is 0 Å². The molecule has 0 aliphatic rings. The summed E-state index contributed by atoms with van der Waals surface area (Å²) in [6, 6.07) is 14.5. The third kappa shape index (κ3) is 4.12. The number of benzene rings is 2. The van der Waals surface area contributed by atoms with E-state index in [9.17, 15) is 9.18 Å². The number of carbonyl (C=O) groups is 1. The molecule has 0 aliphatic carbocycles. The lowest BCUT2D eigenvalue weighted by molar-refractivity contribution is -0.120. The van der Waals surface area contributed by atoms with Gasteiger partial charge in [0.05, 0.1) is 12.1 Å². The summed E-state index contributed by atoms with van der Waals surface area (Å²) in [7, 11) is 0. The molecule has 0 radical (unpaired) electrons. The first-order valence-corrected chi connectivity index (χ1v) is 8.06. The van der Waals surface area contributed by atoms with Crippen LogP contribution in [-0.4, -0.2) is 10.9 Å². The molecule has 0 aliphatic heterocycles. The minimum absolute atomic E-state index is 0.122. The molecule has 3 rings (SSSR count). The van der Waals surface area contributed by atoms with Crippen LogP contribution in [0.3, 0.4) is 0 Å². The van der Waals surface area contributed by atoms with Crippen molar-refractivity contribution in [2.45, 2.75) is 26.8 Å². The Morgan fingerprint density at radius 2 is 1.92 bits per heavy atom. The number of nitrogens with one attached hydrogen (secondary N) is 1. The lowest BCUT2D eigenvalue weighted by atomic mass is 10.1. The van der Waals surface area contributed by atoms with Crippen LogP contribution in [0.1, 0.15) is 22.6 Å². The Hall–Kier alpha value is -2.95. The van der Waals surface area contributed by atoms with Gasteiger partial charge in [0.25, 0.3) is 0 Å². The van der Waals surface area contributed by atoms with Crippen LogP contribution in [-0.2, 0) is 17.8 Å². The Labute approximate surface area is 145 Å². The zero-order chi connectivity index (χ0) is 17.8. The highest BCUT2D eigenvalue weighted by atomic mass is 19.1. The molecule has 0 saturated carbocycles. The second-order valence-electron chi connectivity index (χ2n) is 5.92. The van der Waals surface area contributed by atoms with Crippen LogP contribution in [0, 0.1) is 19.7 Å². The SMILES string of the molecule is Cc1ccc(CNC(=O)Cc2nc(-c3ccccc3)oc2C)cc1F. The number of hydrogen-bond acceptors (Lipinski definition) is 3. The van der Waals surface area contributed by atoms with Gasteiger partial charge < -0.3 is 9.73 Å². The number of aryl methyl sites for hydroxylation is 2. The Bertz CT molecular complexity index is 888. The van der Waals surface area contributed by atoms with Gasteiger partial charge >= 0.3 is 0 Å². The molecule has 1 heterocycles. The number of aromatic nitrogens is 1. The maximum absolute atomic E-state index is 13.5. The number of nitrogens with zero attached hydrogens (tertiary/aromatic N) is 1. The molecule has 5 heteroatoms. The number of carbonyl (C=O) groups excluding carboxylic acids is 1. The van der Waals surface area contributed by atoms with E-state index in [4.69, 9.17) is 4.42 Å². The van der Waals surface area contributed by atoms with E-state index < -0.39 is 0 Å². The van der Waals surface area contributed by atoms with Crippen LogP contribution in [0.15, 0.2) is 52.9 Å². The highest BCUT2D eigenvalue weighted by Gasteiger charge is 2.14. The summed E-state index contributed by atoms with van der Waals surface area (Å²) in [5.74, 6) is 0.667. The summed E-state index contributed by atoms with van der Waals surface area (Å²) in [6.45, 7) is 3.77. The van der Waals surface area contributed by atoms with Crippen molar-refractivity contribution < 1.29 is 13.6 Å². The molecule has 0 unspecified atom stereocenters. The lowest BCUT2D eigenvalue weighted by Gasteiger charge is -2.05. The van der Waals surface area contributed by atoms with E-state index in [1.54, 1.807) is 26.0 Å². The van der Waals surface area contributed by atoms with Crippen molar-refractivity contribution in [3.63, 3.8) is 0 Å². The Morgan fingerprint density at radius 1 is 1.16 bits per heavy atom. The lowest BCUT2D eigenvalue weighted by Crippen LogP contribution is -2.25. The second-order valence-corrected chi connectivity index (χ2v) is 5.92. The van der Waals surface area contributed by atoms with Crippen molar-refractivity contribution in [2.75, 3.05) is 0 Å². The predicted molar refractivity (Wildman–Crippen MR) is 93.4 cm³/mol. The van der Waals surface area contributed by atoms with E-state index >= 15 is 0 Å². The molecule has 0 bridgehead atoms. The quantitative estimate of drug-likeness (QED) is 0.766. The smallest absolute Gasteiger partial charge is 0.226 e. The fourth-order valence-electron chi connectivity index (χ4n) is 2.46. The average molecular weight is 338 g/mol. The molecule has 1 N–H and O–H groups in total. The minimum atomic E-state index is -0.272. The minimum Gasteiger partial charge on any atom is -0.441 e. The molecule has 128 valence electrons. The fourth-order valence-corrected chi connectivity index (χ4v) is 2.46. The monoisotopic (exact) mass is 338 g/mol. The first kappa shape index (κ1) is 16.9. The first-order chi connectivity index (χ1) is 12.0. The number of hydrogen-bond donors (Lipinski definition) is 1. The van der Waals surface area contributed by atoms with Crippen LogP contribution in [0.25, 0.3) is 11.5 Å². The van der Waals surface area contributed by atoms with Crippen LogP contribution in [0.4, 0.5) is 4.39 Å². The van der Waals surface area contributed by atoms with E-state index in [-0.39, 0.29) is 24.7 Å². The largest absolute Gasteiger partial charge is 0.441 e. The molecule has 25 heavy (non-hydrogen) atoms. The summed E-state index contributed by atoms with van der Waals surface area (Å²) in [6.07, 6.45) is 0.122. The maximum atomic E-state index is 13.5. The molecular formula is C20H19FN2O2. The molecule has 1 aromatic heterocycles. The van der Waals surface area contributed by atoms with Gasteiger partial charge in [-0.1, -0.05) is 30.3 Å². The van der Waals surface area contributed by atoms with E-state index in [2.05, 4.69) is 10.3 Å². The molecular weight excluding hydrogens is 319 g/mol. The predicted octanol–water partition coefficient (Wildman–Crippen LogP) is 3.96. The van der Waals surface area contributed by atoms with Crippen LogP contribution < -0.4 is 5.32 Å². The number of rotatable bonds is 5. The third-order valence-corrected chi connectivity index (χ3v) is 3.97. The van der Waals surface area contributed by atoms with Gasteiger partial charge in [-0.3, -0.25) is 4.79 Å². The van der Waals surface area contributed by atoms with Gasteiger partial charge in [0, 0.05) is 12.1 Å². The number of amides is 1. The van der Waals surface area contributed by atoms with Crippen molar-refractivity contribution >= 4 is 5.91 Å².